The molecule has 0 saturated carbocycles. The first-order chi connectivity index (χ1) is 5.11. The van der Waals surface area contributed by atoms with Crippen molar-refractivity contribution in [3.8, 4) is 0 Å². The van der Waals surface area contributed by atoms with Crippen molar-refractivity contribution in [2.45, 2.75) is 19.9 Å². The van der Waals surface area contributed by atoms with E-state index < -0.39 is 0 Å². The molecule has 1 aromatic heterocycles. The molecule has 0 fully saturated rings. The Morgan fingerprint density at radius 1 is 1.64 bits per heavy atom. The second-order valence-corrected chi connectivity index (χ2v) is 3.56. The average molecular weight is 215 g/mol. The molecule has 1 heterocycles. The van der Waals surface area contributed by atoms with Gasteiger partial charge in [-0.3, -0.25) is 4.98 Å². The van der Waals surface area contributed by atoms with E-state index in [1.807, 2.05) is 19.9 Å². The molecule has 0 aliphatic rings. The maximum atomic E-state index is 5.69. The predicted octanol–water partition coefficient (Wildman–Crippen LogP) is 2.17. The number of halogens is 1. The lowest BCUT2D eigenvalue weighted by Crippen LogP contribution is -2.08. The van der Waals surface area contributed by atoms with E-state index in [2.05, 4.69) is 20.9 Å². The first kappa shape index (κ1) is 8.68. The summed E-state index contributed by atoms with van der Waals surface area (Å²) in [5.74, 6) is 0. The Hall–Kier alpha value is -0.410. The molecule has 2 N–H and O–H groups in total. The summed E-state index contributed by atoms with van der Waals surface area (Å²) in [7, 11) is 0. The number of hydrogen-bond acceptors (Lipinski definition) is 2. The fourth-order valence-corrected chi connectivity index (χ4v) is 1.47. The highest BCUT2D eigenvalue weighted by atomic mass is 79.9. The van der Waals surface area contributed by atoms with Gasteiger partial charge in [0.1, 0.15) is 0 Å². The minimum Gasteiger partial charge on any atom is -0.323 e. The maximum absolute atomic E-state index is 5.69. The van der Waals surface area contributed by atoms with E-state index in [1.165, 1.54) is 0 Å². The molecular weight excluding hydrogens is 204 g/mol. The number of hydrogen-bond donors (Lipinski definition) is 1. The van der Waals surface area contributed by atoms with Crippen molar-refractivity contribution >= 4 is 15.9 Å². The third-order valence-corrected chi connectivity index (χ3v) is 1.95. The van der Waals surface area contributed by atoms with E-state index in [0.717, 1.165) is 15.7 Å². The predicted molar refractivity (Wildman–Crippen MR) is 49.3 cm³/mol. The fourth-order valence-electron chi connectivity index (χ4n) is 1.03. The van der Waals surface area contributed by atoms with Crippen molar-refractivity contribution in [2.24, 2.45) is 5.73 Å². The van der Waals surface area contributed by atoms with Crippen LogP contribution in [-0.4, -0.2) is 4.98 Å². The molecule has 0 radical (unpaired) electrons. The number of rotatable bonds is 1. The van der Waals surface area contributed by atoms with E-state index >= 15 is 0 Å². The van der Waals surface area contributed by atoms with Crippen LogP contribution in [0.2, 0.25) is 0 Å². The van der Waals surface area contributed by atoms with Crippen LogP contribution < -0.4 is 5.73 Å². The van der Waals surface area contributed by atoms with E-state index in [0.29, 0.717) is 0 Å². The zero-order chi connectivity index (χ0) is 8.43. The Morgan fingerprint density at radius 2 is 2.27 bits per heavy atom. The fraction of sp³-hybridized carbons (Fsp3) is 0.375. The largest absolute Gasteiger partial charge is 0.323 e. The van der Waals surface area contributed by atoms with Gasteiger partial charge in [0.25, 0.3) is 0 Å². The third kappa shape index (κ3) is 2.01. The molecule has 0 bridgehead atoms. The lowest BCUT2D eigenvalue weighted by molar-refractivity contribution is 0.771. The zero-order valence-corrected chi connectivity index (χ0v) is 8.22. The van der Waals surface area contributed by atoms with Crippen LogP contribution in [0.4, 0.5) is 0 Å². The minimum absolute atomic E-state index is 0.0168. The zero-order valence-electron chi connectivity index (χ0n) is 6.63. The van der Waals surface area contributed by atoms with Gasteiger partial charge in [0.2, 0.25) is 0 Å². The molecule has 0 aliphatic heterocycles. The molecule has 0 saturated heterocycles. The quantitative estimate of drug-likeness (QED) is 0.779. The van der Waals surface area contributed by atoms with Crippen molar-refractivity contribution in [3.63, 3.8) is 0 Å². The number of aryl methyl sites for hydroxylation is 1. The summed E-state index contributed by atoms with van der Waals surface area (Å²) >= 11 is 3.34. The van der Waals surface area contributed by atoms with Crippen LogP contribution in [0, 0.1) is 6.92 Å². The Labute approximate surface area is 75.0 Å². The Bertz CT molecular complexity index is 258. The second kappa shape index (κ2) is 3.32. The molecule has 1 atom stereocenters. The van der Waals surface area contributed by atoms with Crippen LogP contribution in [0.3, 0.4) is 0 Å². The Kier molecular flexibility index (Phi) is 2.62. The topological polar surface area (TPSA) is 38.9 Å². The van der Waals surface area contributed by atoms with E-state index in [9.17, 15) is 0 Å². The smallest absolute Gasteiger partial charge is 0.0598 e. The van der Waals surface area contributed by atoms with Gasteiger partial charge in [-0.05, 0) is 41.4 Å². The number of aromatic nitrogens is 1. The van der Waals surface area contributed by atoms with Crippen LogP contribution in [0.25, 0.3) is 0 Å². The minimum atomic E-state index is 0.0168. The summed E-state index contributed by atoms with van der Waals surface area (Å²) in [4.78, 5) is 4.21. The van der Waals surface area contributed by atoms with Crippen molar-refractivity contribution in [2.75, 3.05) is 0 Å². The summed E-state index contributed by atoms with van der Waals surface area (Å²) in [5.41, 5.74) is 7.79. The van der Waals surface area contributed by atoms with E-state index in [4.69, 9.17) is 5.73 Å². The highest BCUT2D eigenvalue weighted by Crippen LogP contribution is 2.16. The summed E-state index contributed by atoms with van der Waals surface area (Å²) in [6, 6.07) is 2.04. The molecule has 0 unspecified atom stereocenters. The normalized spacial score (nSPS) is 13.1. The first-order valence-corrected chi connectivity index (χ1v) is 4.28. The standard InChI is InChI=1S/C8H11BrN2/c1-5-3-7(9)4-11-8(5)6(2)10/h3-4,6H,10H2,1-2H3/t6-/m1/s1. The SMILES string of the molecule is Cc1cc(Br)cnc1[C@@H](C)N. The summed E-state index contributed by atoms with van der Waals surface area (Å²) < 4.78 is 0.999. The lowest BCUT2D eigenvalue weighted by atomic mass is 10.1. The van der Waals surface area contributed by atoms with Crippen LogP contribution in [0.15, 0.2) is 16.7 Å². The van der Waals surface area contributed by atoms with Crippen LogP contribution >= 0.6 is 15.9 Å². The van der Waals surface area contributed by atoms with Crippen molar-refractivity contribution in [1.29, 1.82) is 0 Å². The summed E-state index contributed by atoms with van der Waals surface area (Å²) in [5, 5.41) is 0. The van der Waals surface area contributed by atoms with Crippen LogP contribution in [0.5, 0.6) is 0 Å². The summed E-state index contributed by atoms with van der Waals surface area (Å²) in [6.45, 7) is 3.94. The van der Waals surface area contributed by atoms with Gasteiger partial charge < -0.3 is 5.73 Å². The van der Waals surface area contributed by atoms with Crippen molar-refractivity contribution < 1.29 is 0 Å². The maximum Gasteiger partial charge on any atom is 0.0598 e. The van der Waals surface area contributed by atoms with Crippen molar-refractivity contribution in [3.05, 3.63) is 28.0 Å². The lowest BCUT2D eigenvalue weighted by Gasteiger charge is -2.07. The molecule has 2 nitrogen and oxygen atoms in total. The molecule has 3 heteroatoms. The van der Waals surface area contributed by atoms with Gasteiger partial charge in [-0.25, -0.2) is 0 Å². The van der Waals surface area contributed by atoms with E-state index in [-0.39, 0.29) is 6.04 Å². The van der Waals surface area contributed by atoms with Gasteiger partial charge in [0.05, 0.1) is 5.69 Å². The van der Waals surface area contributed by atoms with Crippen LogP contribution in [-0.2, 0) is 0 Å². The molecule has 1 aromatic rings. The van der Waals surface area contributed by atoms with Gasteiger partial charge in [0, 0.05) is 16.7 Å². The van der Waals surface area contributed by atoms with Crippen LogP contribution in [0.1, 0.15) is 24.2 Å². The molecular formula is C8H11BrN2. The molecule has 11 heavy (non-hydrogen) atoms. The van der Waals surface area contributed by atoms with Crippen molar-refractivity contribution in [1.82, 2.24) is 4.98 Å². The second-order valence-electron chi connectivity index (χ2n) is 2.64. The number of nitrogens with two attached hydrogens (primary N) is 1. The van der Waals surface area contributed by atoms with Gasteiger partial charge >= 0.3 is 0 Å². The number of nitrogens with zero attached hydrogens (tertiary/aromatic N) is 1. The Morgan fingerprint density at radius 3 is 2.73 bits per heavy atom. The molecule has 60 valence electrons. The molecule has 0 amide bonds. The summed E-state index contributed by atoms with van der Waals surface area (Å²) in [6.07, 6.45) is 1.77. The molecule has 0 aromatic carbocycles. The van der Waals surface area contributed by atoms with Gasteiger partial charge in [-0.2, -0.15) is 0 Å². The molecule has 0 spiro atoms. The Balaban J connectivity index is 3.09. The average Bonchev–Trinajstić information content (AvgIpc) is 1.85. The highest BCUT2D eigenvalue weighted by molar-refractivity contribution is 9.10. The van der Waals surface area contributed by atoms with Gasteiger partial charge in [0.15, 0.2) is 0 Å². The van der Waals surface area contributed by atoms with Gasteiger partial charge in [-0.15, -0.1) is 0 Å². The van der Waals surface area contributed by atoms with E-state index in [1.54, 1.807) is 6.20 Å². The molecule has 1 rings (SSSR count). The highest BCUT2D eigenvalue weighted by Gasteiger charge is 2.04. The third-order valence-electron chi connectivity index (χ3n) is 1.52. The first-order valence-electron chi connectivity index (χ1n) is 3.49. The number of pyridine rings is 1. The monoisotopic (exact) mass is 214 g/mol. The molecule has 0 aliphatic carbocycles. The van der Waals surface area contributed by atoms with Gasteiger partial charge in [-0.1, -0.05) is 0 Å².